The first kappa shape index (κ1) is 41.6. The predicted molar refractivity (Wildman–Crippen MR) is 235 cm³/mol. The number of carboxylic acid groups (broad SMARTS) is 1. The number of carbonyl (C=O) groups excluding carboxylic acids is 2. The molecule has 0 unspecified atom stereocenters. The maximum absolute atomic E-state index is 13.6. The van der Waals surface area contributed by atoms with Gasteiger partial charge in [0.15, 0.2) is 11.7 Å². The molecule has 62 heavy (non-hydrogen) atoms. The number of halogens is 2. The summed E-state index contributed by atoms with van der Waals surface area (Å²) >= 11 is 13.6. The second kappa shape index (κ2) is 16.4. The molecule has 0 bridgehead atoms. The zero-order valence-corrected chi connectivity index (χ0v) is 34.4. The number of aliphatic hydroxyl groups is 2. The zero-order valence-electron chi connectivity index (χ0n) is 32.9. The SMILES string of the molecule is C=c1ccc2c(c1)Oc1cc(N(C)C)ccc1C=2c1c(Cl)cc(C(=O)NCC(=O)NCc2ccc(-c3c4ccc(=O)cc-4oc4cc(O)ccc34)c(C(O)O)c2)c(Cl)c1C(=O)O. The number of hydrogen-bond donors (Lipinski definition) is 6. The number of hydrogen-bond acceptors (Lipinski definition) is 10. The molecule has 5 aromatic rings. The van der Waals surface area contributed by atoms with Crippen LogP contribution < -0.4 is 36.1 Å². The number of carboxylic acids is 1. The summed E-state index contributed by atoms with van der Waals surface area (Å²) in [7, 11) is 3.74. The molecule has 0 spiro atoms. The molecule has 15 heteroatoms. The van der Waals surface area contributed by atoms with E-state index in [1.54, 1.807) is 48.5 Å². The third-order valence-electron chi connectivity index (χ3n) is 10.5. The molecule has 0 radical (unpaired) electrons. The van der Waals surface area contributed by atoms with Crippen LogP contribution in [0.4, 0.5) is 5.69 Å². The molecule has 2 heterocycles. The van der Waals surface area contributed by atoms with Crippen LogP contribution in [0.2, 0.25) is 10.0 Å². The average molecular weight is 873 g/mol. The van der Waals surface area contributed by atoms with Crippen LogP contribution in [-0.2, 0) is 11.3 Å². The van der Waals surface area contributed by atoms with Crippen LogP contribution in [0, 0.1) is 0 Å². The van der Waals surface area contributed by atoms with Gasteiger partial charge < -0.3 is 45.1 Å². The summed E-state index contributed by atoms with van der Waals surface area (Å²) in [5.41, 5.74) is 3.10. The van der Waals surface area contributed by atoms with Gasteiger partial charge in [-0.2, -0.15) is 0 Å². The summed E-state index contributed by atoms with van der Waals surface area (Å²) in [6.07, 6.45) is -1.96. The summed E-state index contributed by atoms with van der Waals surface area (Å²) in [6, 6.07) is 25.4. The summed E-state index contributed by atoms with van der Waals surface area (Å²) in [4.78, 5) is 53.7. The molecule has 0 aromatic heterocycles. The number of phenols is 1. The fourth-order valence-electron chi connectivity index (χ4n) is 7.54. The number of aromatic hydroxyl groups is 1. The number of fused-ring (bicyclic) bond motifs is 4. The first-order valence-corrected chi connectivity index (χ1v) is 19.7. The first-order valence-electron chi connectivity index (χ1n) is 18.9. The van der Waals surface area contributed by atoms with Crippen LogP contribution >= 0.6 is 23.2 Å². The molecular weight excluding hydrogens is 837 g/mol. The van der Waals surface area contributed by atoms with Crippen molar-refractivity contribution in [3.8, 4) is 39.7 Å². The molecule has 0 saturated heterocycles. The van der Waals surface area contributed by atoms with E-state index in [1.807, 2.05) is 31.1 Å². The zero-order chi connectivity index (χ0) is 44.1. The van der Waals surface area contributed by atoms with Crippen LogP contribution in [0.5, 0.6) is 17.2 Å². The Morgan fingerprint density at radius 1 is 0.823 bits per heavy atom. The summed E-state index contributed by atoms with van der Waals surface area (Å²) in [5, 5.41) is 48.1. The molecule has 0 fully saturated rings. The highest BCUT2D eigenvalue weighted by Gasteiger charge is 2.31. The normalized spacial score (nSPS) is 11.9. The van der Waals surface area contributed by atoms with Gasteiger partial charge in [0.2, 0.25) is 5.91 Å². The van der Waals surface area contributed by atoms with Crippen molar-refractivity contribution in [2.24, 2.45) is 0 Å². The molecule has 5 aromatic carbocycles. The van der Waals surface area contributed by atoms with Crippen LogP contribution in [0.1, 0.15) is 49.3 Å². The first-order chi connectivity index (χ1) is 29.6. The van der Waals surface area contributed by atoms with Gasteiger partial charge >= 0.3 is 5.97 Å². The molecule has 13 nitrogen and oxygen atoms in total. The van der Waals surface area contributed by atoms with Crippen LogP contribution in [0.25, 0.3) is 45.6 Å². The molecular formula is C47H35Cl2N3O10. The second-order valence-corrected chi connectivity index (χ2v) is 15.5. The number of phenolic OH excluding ortho intramolecular Hbond substituents is 1. The Bertz CT molecular complexity index is 3180. The van der Waals surface area contributed by atoms with Crippen molar-refractivity contribution in [2.75, 3.05) is 25.5 Å². The fraction of sp³-hybridized carbons (Fsp3) is 0.106. The number of amides is 2. The van der Waals surface area contributed by atoms with Crippen molar-refractivity contribution in [1.29, 1.82) is 0 Å². The number of nitrogens with zero attached hydrogens (tertiary/aromatic N) is 1. The van der Waals surface area contributed by atoms with Crippen molar-refractivity contribution >= 4 is 69.8 Å². The van der Waals surface area contributed by atoms with Gasteiger partial charge in [0, 0.05) is 88.5 Å². The molecule has 8 rings (SSSR count). The van der Waals surface area contributed by atoms with Gasteiger partial charge in [0.25, 0.3) is 5.91 Å². The van der Waals surface area contributed by atoms with Crippen molar-refractivity contribution in [3.05, 3.63) is 161 Å². The Morgan fingerprint density at radius 3 is 2.32 bits per heavy atom. The van der Waals surface area contributed by atoms with Gasteiger partial charge in [-0.3, -0.25) is 14.4 Å². The minimum Gasteiger partial charge on any atom is -0.508 e. The van der Waals surface area contributed by atoms with Gasteiger partial charge in [0.05, 0.1) is 27.7 Å². The maximum Gasteiger partial charge on any atom is 0.337 e. The monoisotopic (exact) mass is 871 g/mol. The molecule has 0 atom stereocenters. The van der Waals surface area contributed by atoms with Crippen molar-refractivity contribution < 1.29 is 44.0 Å². The molecule has 2 amide bonds. The van der Waals surface area contributed by atoms with E-state index in [0.717, 1.165) is 5.69 Å². The van der Waals surface area contributed by atoms with Gasteiger partial charge in [-0.1, -0.05) is 54.0 Å². The molecule has 2 aliphatic heterocycles. The number of rotatable bonds is 10. The highest BCUT2D eigenvalue weighted by Crippen LogP contribution is 2.45. The maximum atomic E-state index is 13.6. The number of aromatic carboxylic acids is 1. The lowest BCUT2D eigenvalue weighted by atomic mass is 9.88. The summed E-state index contributed by atoms with van der Waals surface area (Å²) in [6.45, 7) is 3.36. The van der Waals surface area contributed by atoms with Crippen LogP contribution in [0.3, 0.4) is 0 Å². The van der Waals surface area contributed by atoms with E-state index < -0.39 is 41.2 Å². The Labute approximate surface area is 362 Å². The molecule has 312 valence electrons. The standard InChI is InChI=1S/C47H35Cl2N3O10/c1-22-4-9-30-35(14-22)61-36-16-24(52(2)3)6-11-31(36)41(30)42-34(48)19-33(44(49)43(42)47(59)60)45(56)51-21-39(55)50-20-23-5-10-27(32(15-23)46(57)58)40-28-12-7-25(53)17-37(28)62-38-18-26(54)8-13-29(38)40/h4-19,46,53,57-58H,1,20-21H2,2-3H3,(H,50,55)(H,51,56)(H,59,60). The van der Waals surface area contributed by atoms with E-state index in [-0.39, 0.29) is 50.8 Å². The van der Waals surface area contributed by atoms with Crippen molar-refractivity contribution in [1.82, 2.24) is 10.6 Å². The lowest BCUT2D eigenvalue weighted by Gasteiger charge is -2.25. The quantitative estimate of drug-likeness (QED) is 0.0683. The topological polar surface area (TPSA) is 199 Å². The van der Waals surface area contributed by atoms with Crippen molar-refractivity contribution in [3.63, 3.8) is 0 Å². The minimum atomic E-state index is -1.96. The van der Waals surface area contributed by atoms with E-state index in [2.05, 4.69) is 17.2 Å². The minimum absolute atomic E-state index is 0.0663. The number of aliphatic hydroxyl groups excluding tert-OH is 1. The lowest BCUT2D eigenvalue weighted by molar-refractivity contribution is -0.120. The number of ether oxygens (including phenoxy) is 1. The Hall–Kier alpha value is -7.16. The largest absolute Gasteiger partial charge is 0.508 e. The van der Waals surface area contributed by atoms with Gasteiger partial charge in [0.1, 0.15) is 28.6 Å². The predicted octanol–water partition coefficient (Wildman–Crippen LogP) is 6.13. The molecule has 6 N–H and O–H groups in total. The average Bonchev–Trinajstić information content (AvgIpc) is 3.23. The highest BCUT2D eigenvalue weighted by molar-refractivity contribution is 6.40. The molecule has 1 aliphatic carbocycles. The van der Waals surface area contributed by atoms with E-state index >= 15 is 0 Å². The highest BCUT2D eigenvalue weighted by atomic mass is 35.5. The second-order valence-electron chi connectivity index (χ2n) is 14.7. The Morgan fingerprint density at radius 2 is 1.58 bits per heavy atom. The third-order valence-corrected chi connectivity index (χ3v) is 11.1. The smallest absolute Gasteiger partial charge is 0.337 e. The molecule has 0 saturated carbocycles. The van der Waals surface area contributed by atoms with E-state index in [4.69, 9.17) is 32.4 Å². The van der Waals surface area contributed by atoms with Gasteiger partial charge in [-0.05, 0) is 70.9 Å². The molecule has 3 aliphatic rings. The van der Waals surface area contributed by atoms with Gasteiger partial charge in [-0.15, -0.1) is 0 Å². The van der Waals surface area contributed by atoms with E-state index in [1.165, 1.54) is 36.4 Å². The Balaban J connectivity index is 1.05. The Kier molecular flexibility index (Phi) is 11.0. The van der Waals surface area contributed by atoms with Crippen LogP contribution in [0.15, 0.2) is 106 Å². The third kappa shape index (κ3) is 7.70. The number of carbonyl (C=O) groups is 3. The number of anilines is 1. The number of nitrogens with one attached hydrogen (secondary N) is 2. The van der Waals surface area contributed by atoms with Crippen molar-refractivity contribution in [2.45, 2.75) is 12.8 Å². The number of benzene rings is 6. The van der Waals surface area contributed by atoms with Gasteiger partial charge in [-0.25, -0.2) is 4.79 Å². The van der Waals surface area contributed by atoms with Crippen LogP contribution in [-0.4, -0.2) is 58.8 Å². The summed E-state index contributed by atoms with van der Waals surface area (Å²) in [5.74, 6) is -1.92. The van der Waals surface area contributed by atoms with E-state index in [0.29, 0.717) is 60.7 Å². The fourth-order valence-corrected chi connectivity index (χ4v) is 8.15. The summed E-state index contributed by atoms with van der Waals surface area (Å²) < 4.78 is 12.2. The van der Waals surface area contributed by atoms with E-state index in [9.17, 15) is 39.6 Å². The lowest BCUT2D eigenvalue weighted by Crippen LogP contribution is -2.37.